The normalized spacial score (nSPS) is 14.6. The first-order chi connectivity index (χ1) is 14.3. The molecule has 0 saturated carbocycles. The first-order valence-corrected chi connectivity index (χ1v) is 9.35. The molecular formula is C20H16ClF2N5O2. The molecule has 0 amide bonds. The lowest BCUT2D eigenvalue weighted by molar-refractivity contribution is -0.0343. The van der Waals surface area contributed by atoms with Gasteiger partial charge in [0.1, 0.15) is 29.9 Å². The molecule has 2 aromatic carbocycles. The van der Waals surface area contributed by atoms with Crippen molar-refractivity contribution < 1.29 is 13.9 Å². The van der Waals surface area contributed by atoms with Gasteiger partial charge in [-0.3, -0.25) is 9.36 Å². The van der Waals surface area contributed by atoms with Crippen LogP contribution in [-0.4, -0.2) is 29.4 Å². The summed E-state index contributed by atoms with van der Waals surface area (Å²) < 4.78 is 30.7. The Hall–Kier alpha value is -3.17. The van der Waals surface area contributed by atoms with Crippen LogP contribution in [0.25, 0.3) is 10.9 Å². The highest BCUT2D eigenvalue weighted by Crippen LogP contribution is 2.36. The van der Waals surface area contributed by atoms with Gasteiger partial charge in [-0.05, 0) is 25.1 Å². The van der Waals surface area contributed by atoms with Gasteiger partial charge in [-0.25, -0.2) is 23.4 Å². The fourth-order valence-corrected chi connectivity index (χ4v) is 3.70. The Morgan fingerprint density at radius 2 is 2.03 bits per heavy atom. The third-order valence-corrected chi connectivity index (χ3v) is 5.44. The maximum Gasteiger partial charge on any atom is 0.261 e. The number of para-hydroxylation sites is 1. The van der Waals surface area contributed by atoms with Crippen LogP contribution in [0.15, 0.2) is 60.2 Å². The second-order valence-electron chi connectivity index (χ2n) is 6.91. The summed E-state index contributed by atoms with van der Waals surface area (Å²) in [4.78, 5) is 21.2. The molecule has 0 aliphatic heterocycles. The average Bonchev–Trinajstić information content (AvgIpc) is 3.21. The summed E-state index contributed by atoms with van der Waals surface area (Å²) in [6, 6.07) is 6.64. The summed E-state index contributed by atoms with van der Waals surface area (Å²) in [5.74, 6) is -1.74. The molecule has 0 radical (unpaired) electrons. The van der Waals surface area contributed by atoms with Gasteiger partial charge < -0.3 is 5.11 Å². The minimum Gasteiger partial charge on any atom is -0.381 e. The molecule has 2 unspecified atom stereocenters. The topological polar surface area (TPSA) is 85.8 Å². The van der Waals surface area contributed by atoms with Gasteiger partial charge in [0.05, 0.1) is 34.8 Å². The van der Waals surface area contributed by atoms with Gasteiger partial charge in [-0.1, -0.05) is 23.7 Å². The van der Waals surface area contributed by atoms with E-state index in [4.69, 9.17) is 11.6 Å². The second kappa shape index (κ2) is 7.58. The van der Waals surface area contributed by atoms with E-state index < -0.39 is 28.8 Å². The number of hydrogen-bond acceptors (Lipinski definition) is 5. The zero-order valence-electron chi connectivity index (χ0n) is 15.7. The largest absolute Gasteiger partial charge is 0.381 e. The molecule has 4 rings (SSSR count). The van der Waals surface area contributed by atoms with Gasteiger partial charge in [-0.2, -0.15) is 5.10 Å². The van der Waals surface area contributed by atoms with Crippen LogP contribution in [0.2, 0.25) is 5.02 Å². The van der Waals surface area contributed by atoms with Crippen LogP contribution in [-0.2, 0) is 12.1 Å². The van der Waals surface area contributed by atoms with Gasteiger partial charge in [0.25, 0.3) is 5.56 Å². The van der Waals surface area contributed by atoms with E-state index >= 15 is 0 Å². The number of rotatable bonds is 5. The van der Waals surface area contributed by atoms with E-state index in [-0.39, 0.29) is 17.5 Å². The van der Waals surface area contributed by atoms with E-state index in [1.807, 2.05) is 0 Å². The van der Waals surface area contributed by atoms with Crippen molar-refractivity contribution in [3.8, 4) is 0 Å². The molecule has 2 atom stereocenters. The molecule has 0 aliphatic carbocycles. The Labute approximate surface area is 174 Å². The average molecular weight is 432 g/mol. The van der Waals surface area contributed by atoms with Gasteiger partial charge in [0, 0.05) is 11.6 Å². The van der Waals surface area contributed by atoms with E-state index in [9.17, 15) is 18.7 Å². The van der Waals surface area contributed by atoms with Crippen molar-refractivity contribution in [2.75, 3.05) is 0 Å². The molecule has 0 spiro atoms. The lowest BCUT2D eigenvalue weighted by atomic mass is 9.86. The number of halogens is 3. The summed E-state index contributed by atoms with van der Waals surface area (Å²) in [7, 11) is 0. The Morgan fingerprint density at radius 3 is 2.73 bits per heavy atom. The van der Waals surface area contributed by atoms with Crippen molar-refractivity contribution >= 4 is 22.5 Å². The predicted octanol–water partition coefficient (Wildman–Crippen LogP) is 3.07. The minimum absolute atomic E-state index is 0.190. The molecule has 2 heterocycles. The molecule has 10 heteroatoms. The van der Waals surface area contributed by atoms with Crippen molar-refractivity contribution in [1.82, 2.24) is 24.3 Å². The predicted molar refractivity (Wildman–Crippen MR) is 106 cm³/mol. The summed E-state index contributed by atoms with van der Waals surface area (Å²) in [5.41, 5.74) is -2.32. The fraction of sp³-hybridized carbons (Fsp3) is 0.200. The van der Waals surface area contributed by atoms with Crippen molar-refractivity contribution in [2.24, 2.45) is 0 Å². The molecule has 0 aliphatic rings. The molecule has 30 heavy (non-hydrogen) atoms. The monoisotopic (exact) mass is 431 g/mol. The molecule has 2 aromatic heterocycles. The second-order valence-corrected chi connectivity index (χ2v) is 7.32. The Morgan fingerprint density at radius 1 is 1.23 bits per heavy atom. The third kappa shape index (κ3) is 3.35. The Balaban J connectivity index is 1.90. The highest BCUT2D eigenvalue weighted by Gasteiger charge is 2.41. The van der Waals surface area contributed by atoms with Crippen molar-refractivity contribution in [1.29, 1.82) is 0 Å². The molecule has 1 N–H and O–H groups in total. The van der Waals surface area contributed by atoms with Gasteiger partial charge in [-0.15, -0.1) is 0 Å². The van der Waals surface area contributed by atoms with Crippen LogP contribution < -0.4 is 5.56 Å². The minimum atomic E-state index is -1.98. The van der Waals surface area contributed by atoms with Gasteiger partial charge >= 0.3 is 0 Å². The van der Waals surface area contributed by atoms with Crippen molar-refractivity contribution in [3.63, 3.8) is 0 Å². The zero-order chi connectivity index (χ0) is 21.5. The highest BCUT2D eigenvalue weighted by atomic mass is 35.5. The van der Waals surface area contributed by atoms with E-state index in [1.165, 1.54) is 28.2 Å². The number of aliphatic hydroxyl groups is 1. The van der Waals surface area contributed by atoms with Crippen LogP contribution in [0.1, 0.15) is 18.5 Å². The number of nitrogens with zero attached hydrogens (tertiary/aromatic N) is 5. The number of aromatic nitrogens is 5. The smallest absolute Gasteiger partial charge is 0.261 e. The zero-order valence-corrected chi connectivity index (χ0v) is 16.5. The standard InChI is InChI=1S/C20H16ClF2N5O2/c1-12(28-11-25-18-14(19(28)29)3-2-4-16(18)21)20(30,8-27-10-24-9-26-27)15-6-5-13(22)7-17(15)23/h2-7,9-12,30H,8H2,1H3. The number of fused-ring (bicyclic) bond motifs is 1. The summed E-state index contributed by atoms with van der Waals surface area (Å²) in [6.45, 7) is 1.30. The van der Waals surface area contributed by atoms with Crippen LogP contribution >= 0.6 is 11.6 Å². The van der Waals surface area contributed by atoms with E-state index in [1.54, 1.807) is 25.1 Å². The molecule has 4 aromatic rings. The first kappa shape index (κ1) is 20.1. The lowest BCUT2D eigenvalue weighted by Crippen LogP contribution is -2.43. The van der Waals surface area contributed by atoms with Gasteiger partial charge in [0.2, 0.25) is 0 Å². The molecule has 0 fully saturated rings. The Bertz CT molecular complexity index is 1280. The highest BCUT2D eigenvalue weighted by molar-refractivity contribution is 6.34. The number of benzene rings is 2. The van der Waals surface area contributed by atoms with Crippen LogP contribution in [0, 0.1) is 11.6 Å². The van der Waals surface area contributed by atoms with Gasteiger partial charge in [0.15, 0.2) is 0 Å². The SMILES string of the molecule is CC(n1cnc2c(Cl)cccc2c1=O)C(O)(Cn1cncn1)c1ccc(F)cc1F. The molecular weight excluding hydrogens is 416 g/mol. The van der Waals surface area contributed by atoms with Crippen molar-refractivity contribution in [3.05, 3.63) is 88.0 Å². The lowest BCUT2D eigenvalue weighted by Gasteiger charge is -2.35. The molecule has 0 saturated heterocycles. The first-order valence-electron chi connectivity index (χ1n) is 8.97. The van der Waals surface area contributed by atoms with Crippen LogP contribution in [0.4, 0.5) is 8.78 Å². The molecule has 154 valence electrons. The maximum atomic E-state index is 14.7. The van der Waals surface area contributed by atoms with Crippen LogP contribution in [0.3, 0.4) is 0 Å². The summed E-state index contributed by atoms with van der Waals surface area (Å²) >= 11 is 6.11. The van der Waals surface area contributed by atoms with E-state index in [0.717, 1.165) is 12.1 Å². The fourth-order valence-electron chi connectivity index (χ4n) is 3.48. The molecule has 7 nitrogen and oxygen atoms in total. The molecule has 0 bridgehead atoms. The summed E-state index contributed by atoms with van der Waals surface area (Å²) in [5, 5.41) is 16.2. The third-order valence-electron chi connectivity index (χ3n) is 5.14. The number of hydrogen-bond donors (Lipinski definition) is 1. The van der Waals surface area contributed by atoms with Crippen LogP contribution in [0.5, 0.6) is 0 Å². The summed E-state index contributed by atoms with van der Waals surface area (Å²) in [6.07, 6.45) is 3.85. The van der Waals surface area contributed by atoms with E-state index in [0.29, 0.717) is 16.6 Å². The maximum absolute atomic E-state index is 14.7. The quantitative estimate of drug-likeness (QED) is 0.525. The van der Waals surface area contributed by atoms with E-state index in [2.05, 4.69) is 15.1 Å². The van der Waals surface area contributed by atoms with Crippen molar-refractivity contribution in [2.45, 2.75) is 25.1 Å². The Kier molecular flexibility index (Phi) is 5.08.